The van der Waals surface area contributed by atoms with E-state index in [9.17, 15) is 38.4 Å². The summed E-state index contributed by atoms with van der Waals surface area (Å²) in [5.41, 5.74) is 0. The summed E-state index contributed by atoms with van der Waals surface area (Å²) in [6.45, 7) is -1.08. The first-order valence-corrected chi connectivity index (χ1v) is 8.60. The summed E-state index contributed by atoms with van der Waals surface area (Å²) in [5, 5.41) is 8.81. The molecule has 0 radical (unpaired) electrons. The SMILES string of the molecule is O=C(CC(OCCO)C(=O)OC(=O)N1C(=O)CCC1=O)OC(=O)N1C(=O)CCC1=O. The number of hydrogen-bond donors (Lipinski definition) is 1. The van der Waals surface area contributed by atoms with Crippen molar-refractivity contribution in [1.82, 2.24) is 9.80 Å². The van der Waals surface area contributed by atoms with E-state index in [-0.39, 0.29) is 35.5 Å². The molecular formula is C16H16N2O12. The summed E-state index contributed by atoms with van der Waals surface area (Å²) in [4.78, 5) is 93.7. The molecule has 1 unspecified atom stereocenters. The molecule has 0 saturated carbocycles. The fourth-order valence-electron chi connectivity index (χ4n) is 2.50. The number of amides is 6. The van der Waals surface area contributed by atoms with E-state index in [4.69, 9.17) is 9.84 Å². The van der Waals surface area contributed by atoms with Crippen molar-refractivity contribution in [3.05, 3.63) is 0 Å². The first kappa shape index (κ1) is 22.8. The fraction of sp³-hybridized carbons (Fsp3) is 0.500. The Morgan fingerprint density at radius 3 is 1.67 bits per heavy atom. The number of rotatable bonds is 6. The second kappa shape index (κ2) is 9.80. The van der Waals surface area contributed by atoms with E-state index < -0.39 is 73.5 Å². The first-order chi connectivity index (χ1) is 14.1. The van der Waals surface area contributed by atoms with Crippen LogP contribution >= 0.6 is 0 Å². The van der Waals surface area contributed by atoms with Crippen LogP contribution in [0.3, 0.4) is 0 Å². The van der Waals surface area contributed by atoms with Gasteiger partial charge < -0.3 is 19.3 Å². The highest BCUT2D eigenvalue weighted by Crippen LogP contribution is 2.16. The van der Waals surface area contributed by atoms with Crippen molar-refractivity contribution >= 4 is 47.8 Å². The number of aliphatic hydroxyl groups is 1. The molecular weight excluding hydrogens is 412 g/mol. The van der Waals surface area contributed by atoms with Gasteiger partial charge in [-0.3, -0.25) is 24.0 Å². The molecule has 6 amide bonds. The normalized spacial score (nSPS) is 17.4. The number of nitrogens with zero attached hydrogens (tertiary/aromatic N) is 2. The van der Waals surface area contributed by atoms with Crippen molar-refractivity contribution in [1.29, 1.82) is 0 Å². The quantitative estimate of drug-likeness (QED) is 0.289. The zero-order valence-electron chi connectivity index (χ0n) is 15.4. The third kappa shape index (κ3) is 5.30. The molecule has 0 aliphatic carbocycles. The minimum absolute atomic E-state index is 0.118. The zero-order chi connectivity index (χ0) is 22.4. The van der Waals surface area contributed by atoms with Crippen LogP contribution in [0.25, 0.3) is 0 Å². The number of likely N-dealkylation sites (tertiary alicyclic amines) is 2. The van der Waals surface area contributed by atoms with Crippen LogP contribution in [0.5, 0.6) is 0 Å². The van der Waals surface area contributed by atoms with Gasteiger partial charge in [0, 0.05) is 25.7 Å². The Kier molecular flexibility index (Phi) is 7.43. The molecule has 2 aliphatic heterocycles. The lowest BCUT2D eigenvalue weighted by Gasteiger charge is -2.17. The Labute approximate surface area is 167 Å². The molecule has 0 bridgehead atoms. The van der Waals surface area contributed by atoms with Gasteiger partial charge in [0.1, 0.15) is 0 Å². The first-order valence-electron chi connectivity index (χ1n) is 8.60. The van der Waals surface area contributed by atoms with Crippen molar-refractivity contribution in [3.63, 3.8) is 0 Å². The van der Waals surface area contributed by atoms with Gasteiger partial charge in [0.25, 0.3) is 0 Å². The van der Waals surface area contributed by atoms with Crippen LogP contribution in [-0.4, -0.2) is 82.0 Å². The Bertz CT molecular complexity index is 787. The molecule has 2 saturated heterocycles. The summed E-state index contributed by atoms with van der Waals surface area (Å²) >= 11 is 0. The van der Waals surface area contributed by atoms with Crippen molar-refractivity contribution in [2.45, 2.75) is 38.2 Å². The van der Waals surface area contributed by atoms with Gasteiger partial charge in [0.2, 0.25) is 23.6 Å². The smallest absolute Gasteiger partial charge is 0.394 e. The monoisotopic (exact) mass is 428 g/mol. The second-order valence-corrected chi connectivity index (χ2v) is 5.96. The molecule has 14 heteroatoms. The fourth-order valence-corrected chi connectivity index (χ4v) is 2.50. The van der Waals surface area contributed by atoms with E-state index in [1.165, 1.54) is 0 Å². The van der Waals surface area contributed by atoms with E-state index in [1.54, 1.807) is 0 Å². The third-order valence-corrected chi connectivity index (χ3v) is 3.88. The molecule has 0 spiro atoms. The summed E-state index contributed by atoms with van der Waals surface area (Å²) in [6, 6.07) is 0. The molecule has 1 N–H and O–H groups in total. The Hall–Kier alpha value is -3.52. The van der Waals surface area contributed by atoms with E-state index >= 15 is 0 Å². The lowest BCUT2D eigenvalue weighted by Crippen LogP contribution is -2.41. The molecule has 0 aromatic carbocycles. The van der Waals surface area contributed by atoms with Crippen molar-refractivity contribution in [2.24, 2.45) is 0 Å². The van der Waals surface area contributed by atoms with Crippen LogP contribution < -0.4 is 0 Å². The van der Waals surface area contributed by atoms with Gasteiger partial charge in [-0.05, 0) is 0 Å². The molecule has 1 atom stereocenters. The van der Waals surface area contributed by atoms with Gasteiger partial charge in [0.05, 0.1) is 19.6 Å². The molecule has 2 aliphatic rings. The van der Waals surface area contributed by atoms with Crippen LogP contribution in [0.15, 0.2) is 0 Å². The van der Waals surface area contributed by atoms with E-state index in [0.717, 1.165) is 0 Å². The van der Waals surface area contributed by atoms with Crippen molar-refractivity contribution in [3.8, 4) is 0 Å². The number of carbonyl (C=O) groups excluding carboxylic acids is 8. The second-order valence-electron chi connectivity index (χ2n) is 5.96. The standard InChI is InChI=1S/C16H16N2O12/c19-5-6-28-8(14(25)30-16(27)18-11(22)3-4-12(18)23)7-13(24)29-15(26)17-9(20)1-2-10(17)21/h8,19H,1-7H2. The van der Waals surface area contributed by atoms with Gasteiger partial charge in [0.15, 0.2) is 6.10 Å². The van der Waals surface area contributed by atoms with Crippen molar-refractivity contribution in [2.75, 3.05) is 13.2 Å². The average molecular weight is 428 g/mol. The zero-order valence-corrected chi connectivity index (χ0v) is 15.4. The lowest BCUT2D eigenvalue weighted by molar-refractivity contribution is -0.160. The summed E-state index contributed by atoms with van der Waals surface area (Å²) in [7, 11) is 0. The highest BCUT2D eigenvalue weighted by molar-refractivity contribution is 6.15. The van der Waals surface area contributed by atoms with Gasteiger partial charge in [-0.1, -0.05) is 0 Å². The molecule has 2 fully saturated rings. The number of esters is 2. The van der Waals surface area contributed by atoms with Gasteiger partial charge in [-0.25, -0.2) is 14.4 Å². The molecule has 0 aromatic heterocycles. The van der Waals surface area contributed by atoms with E-state index in [1.807, 2.05) is 0 Å². The Morgan fingerprint density at radius 2 is 1.23 bits per heavy atom. The number of ether oxygens (including phenoxy) is 3. The maximum atomic E-state index is 12.1. The van der Waals surface area contributed by atoms with Crippen LogP contribution in [0.4, 0.5) is 9.59 Å². The molecule has 14 nitrogen and oxygen atoms in total. The molecule has 162 valence electrons. The molecule has 2 rings (SSSR count). The van der Waals surface area contributed by atoms with Crippen LogP contribution in [-0.2, 0) is 43.0 Å². The minimum atomic E-state index is -1.86. The van der Waals surface area contributed by atoms with Gasteiger partial charge >= 0.3 is 24.1 Å². The summed E-state index contributed by atoms with van der Waals surface area (Å²) in [5.74, 6) is -6.40. The maximum absolute atomic E-state index is 12.1. The minimum Gasteiger partial charge on any atom is -0.394 e. The molecule has 30 heavy (non-hydrogen) atoms. The van der Waals surface area contributed by atoms with Gasteiger partial charge in [-0.15, -0.1) is 0 Å². The maximum Gasteiger partial charge on any atom is 0.431 e. The van der Waals surface area contributed by atoms with Crippen LogP contribution in [0.2, 0.25) is 0 Å². The average Bonchev–Trinajstić information content (AvgIpc) is 3.18. The number of aliphatic hydroxyl groups excluding tert-OH is 1. The van der Waals surface area contributed by atoms with Gasteiger partial charge in [-0.2, -0.15) is 9.80 Å². The third-order valence-electron chi connectivity index (χ3n) is 3.88. The summed E-state index contributed by atoms with van der Waals surface area (Å²) < 4.78 is 13.6. The molecule has 2 heterocycles. The Morgan fingerprint density at radius 1 is 0.800 bits per heavy atom. The lowest BCUT2D eigenvalue weighted by atomic mass is 10.2. The predicted molar refractivity (Wildman–Crippen MR) is 86.6 cm³/mol. The highest BCUT2D eigenvalue weighted by Gasteiger charge is 2.40. The predicted octanol–water partition coefficient (Wildman–Crippen LogP) is -1.62. The topological polar surface area (TPSA) is 191 Å². The van der Waals surface area contributed by atoms with Crippen LogP contribution in [0.1, 0.15) is 32.1 Å². The van der Waals surface area contributed by atoms with Crippen molar-refractivity contribution < 1.29 is 57.7 Å². The highest BCUT2D eigenvalue weighted by atomic mass is 16.6. The number of carbonyl (C=O) groups is 8. The molecule has 0 aromatic rings. The van der Waals surface area contributed by atoms with E-state index in [0.29, 0.717) is 0 Å². The Balaban J connectivity index is 1.98. The number of imide groups is 6. The summed E-state index contributed by atoms with van der Waals surface area (Å²) in [6.07, 6.45) is -6.97. The van der Waals surface area contributed by atoms with Crippen LogP contribution in [0, 0.1) is 0 Å². The largest absolute Gasteiger partial charge is 0.431 e. The number of hydrogen-bond acceptors (Lipinski definition) is 12. The van der Waals surface area contributed by atoms with E-state index in [2.05, 4.69) is 9.47 Å².